The number of likely N-dealkylation sites (tertiary alicyclic amines) is 1. The first-order chi connectivity index (χ1) is 5.77. The molecule has 1 heterocycles. The summed E-state index contributed by atoms with van der Waals surface area (Å²) in [5, 5.41) is 18.2. The van der Waals surface area contributed by atoms with E-state index in [1.165, 1.54) is 0 Å². The maximum Gasteiger partial charge on any atom is 0.0802 e. The van der Waals surface area contributed by atoms with Crippen molar-refractivity contribution in [2.24, 2.45) is 0 Å². The largest absolute Gasteiger partial charge is 0.395 e. The van der Waals surface area contributed by atoms with Gasteiger partial charge in [-0.15, -0.1) is 11.6 Å². The summed E-state index contributed by atoms with van der Waals surface area (Å²) < 4.78 is 0. The zero-order valence-corrected chi connectivity index (χ0v) is 7.87. The summed E-state index contributed by atoms with van der Waals surface area (Å²) in [4.78, 5) is 2.10. The van der Waals surface area contributed by atoms with Gasteiger partial charge in [-0.1, -0.05) is 0 Å². The number of aliphatic hydroxyl groups is 2. The number of nitrogens with zero attached hydrogens (tertiary/aromatic N) is 1. The van der Waals surface area contributed by atoms with Gasteiger partial charge in [0.25, 0.3) is 0 Å². The van der Waals surface area contributed by atoms with Gasteiger partial charge in [-0.2, -0.15) is 0 Å². The van der Waals surface area contributed by atoms with Gasteiger partial charge in [-0.3, -0.25) is 4.90 Å². The van der Waals surface area contributed by atoms with Gasteiger partial charge in [-0.05, 0) is 19.4 Å². The fraction of sp³-hybridized carbons (Fsp3) is 1.00. The third-order valence-corrected chi connectivity index (χ3v) is 2.69. The molecule has 1 fully saturated rings. The Morgan fingerprint density at radius 2 is 2.33 bits per heavy atom. The first-order valence-electron chi connectivity index (χ1n) is 4.37. The van der Waals surface area contributed by atoms with Crippen LogP contribution in [-0.4, -0.2) is 52.8 Å². The van der Waals surface area contributed by atoms with E-state index in [1.54, 1.807) is 0 Å². The van der Waals surface area contributed by atoms with Gasteiger partial charge in [0.2, 0.25) is 0 Å². The van der Waals surface area contributed by atoms with Crippen LogP contribution in [0, 0.1) is 0 Å². The molecule has 3 nitrogen and oxygen atoms in total. The van der Waals surface area contributed by atoms with Gasteiger partial charge >= 0.3 is 0 Å². The molecule has 1 aliphatic rings. The molecule has 0 aromatic rings. The number of β-amino-alcohol motifs (C(OH)–C–C–N with tert-alkyl or cyclic N) is 1. The molecule has 1 saturated heterocycles. The van der Waals surface area contributed by atoms with Crippen LogP contribution in [0.15, 0.2) is 0 Å². The Labute approximate surface area is 77.9 Å². The monoisotopic (exact) mass is 193 g/mol. The van der Waals surface area contributed by atoms with Crippen LogP contribution >= 0.6 is 11.6 Å². The average molecular weight is 194 g/mol. The second-order valence-electron chi connectivity index (χ2n) is 3.28. The van der Waals surface area contributed by atoms with E-state index in [2.05, 4.69) is 4.90 Å². The predicted octanol–water partition coefficient (Wildman–Crippen LogP) is 0.0428. The highest BCUT2D eigenvalue weighted by atomic mass is 35.5. The number of rotatable bonds is 4. The van der Waals surface area contributed by atoms with Crippen LogP contribution in [0.1, 0.15) is 12.8 Å². The number of hydrogen-bond donors (Lipinski definition) is 2. The normalized spacial score (nSPS) is 27.8. The van der Waals surface area contributed by atoms with Gasteiger partial charge in [-0.25, -0.2) is 0 Å². The standard InChI is InChI=1S/C8H16ClNO2/c9-4-8(12)5-10-3-1-2-7(10)6-11/h7-8,11-12H,1-6H2. The summed E-state index contributed by atoms with van der Waals surface area (Å²) in [6.07, 6.45) is 1.69. The van der Waals surface area contributed by atoms with E-state index < -0.39 is 6.10 Å². The number of hydrogen-bond acceptors (Lipinski definition) is 3. The van der Waals surface area contributed by atoms with Crippen molar-refractivity contribution >= 4 is 11.6 Å². The van der Waals surface area contributed by atoms with Gasteiger partial charge in [0.1, 0.15) is 0 Å². The lowest BCUT2D eigenvalue weighted by Crippen LogP contribution is -2.38. The van der Waals surface area contributed by atoms with E-state index in [0.717, 1.165) is 19.4 Å². The molecule has 0 aliphatic carbocycles. The Bertz CT molecular complexity index is 134. The van der Waals surface area contributed by atoms with Crippen molar-refractivity contribution in [2.75, 3.05) is 25.6 Å². The van der Waals surface area contributed by atoms with E-state index in [9.17, 15) is 5.11 Å². The predicted molar refractivity (Wildman–Crippen MR) is 48.4 cm³/mol. The molecule has 0 spiro atoms. The lowest BCUT2D eigenvalue weighted by Gasteiger charge is -2.24. The molecule has 1 aliphatic heterocycles. The topological polar surface area (TPSA) is 43.7 Å². The van der Waals surface area contributed by atoms with Crippen molar-refractivity contribution < 1.29 is 10.2 Å². The molecule has 1 rings (SSSR count). The van der Waals surface area contributed by atoms with E-state index in [1.807, 2.05) is 0 Å². The van der Waals surface area contributed by atoms with Crippen molar-refractivity contribution in [2.45, 2.75) is 25.0 Å². The minimum atomic E-state index is -0.459. The van der Waals surface area contributed by atoms with Gasteiger partial charge in [0.15, 0.2) is 0 Å². The Hall–Kier alpha value is 0.170. The zero-order chi connectivity index (χ0) is 8.97. The van der Waals surface area contributed by atoms with E-state index in [4.69, 9.17) is 16.7 Å². The summed E-state index contributed by atoms with van der Waals surface area (Å²) in [7, 11) is 0. The molecular weight excluding hydrogens is 178 g/mol. The van der Waals surface area contributed by atoms with E-state index in [-0.39, 0.29) is 18.5 Å². The quantitative estimate of drug-likeness (QED) is 0.620. The fourth-order valence-electron chi connectivity index (χ4n) is 1.66. The second kappa shape index (κ2) is 5.02. The van der Waals surface area contributed by atoms with Crippen LogP contribution in [0.2, 0.25) is 0 Å². The van der Waals surface area contributed by atoms with Crippen LogP contribution < -0.4 is 0 Å². The lowest BCUT2D eigenvalue weighted by molar-refractivity contribution is 0.0964. The molecule has 0 radical (unpaired) electrons. The van der Waals surface area contributed by atoms with Gasteiger partial charge < -0.3 is 10.2 Å². The van der Waals surface area contributed by atoms with Crippen LogP contribution in [0.25, 0.3) is 0 Å². The Balaban J connectivity index is 2.30. The van der Waals surface area contributed by atoms with Crippen molar-refractivity contribution in [3.8, 4) is 0 Å². The van der Waals surface area contributed by atoms with Crippen molar-refractivity contribution in [3.05, 3.63) is 0 Å². The highest BCUT2D eigenvalue weighted by Crippen LogP contribution is 2.16. The summed E-state index contributed by atoms with van der Waals surface area (Å²) in [5.74, 6) is 0.272. The molecule has 72 valence electrons. The molecule has 0 bridgehead atoms. The Morgan fingerprint density at radius 1 is 1.58 bits per heavy atom. The lowest BCUT2D eigenvalue weighted by atomic mass is 10.2. The third-order valence-electron chi connectivity index (χ3n) is 2.33. The smallest absolute Gasteiger partial charge is 0.0802 e. The van der Waals surface area contributed by atoms with Crippen LogP contribution in [-0.2, 0) is 0 Å². The average Bonchev–Trinajstić information content (AvgIpc) is 2.51. The SMILES string of the molecule is OCC1CCCN1CC(O)CCl. The second-order valence-corrected chi connectivity index (χ2v) is 3.59. The highest BCUT2D eigenvalue weighted by molar-refractivity contribution is 6.18. The highest BCUT2D eigenvalue weighted by Gasteiger charge is 2.24. The molecule has 0 aromatic carbocycles. The van der Waals surface area contributed by atoms with E-state index >= 15 is 0 Å². The Morgan fingerprint density at radius 3 is 2.92 bits per heavy atom. The Kier molecular flexibility index (Phi) is 4.29. The zero-order valence-electron chi connectivity index (χ0n) is 7.12. The first kappa shape index (κ1) is 10.3. The summed E-state index contributed by atoms with van der Waals surface area (Å²) in [5.41, 5.74) is 0. The minimum Gasteiger partial charge on any atom is -0.395 e. The van der Waals surface area contributed by atoms with Crippen molar-refractivity contribution in [3.63, 3.8) is 0 Å². The van der Waals surface area contributed by atoms with E-state index in [0.29, 0.717) is 6.54 Å². The molecule has 2 unspecified atom stereocenters. The maximum atomic E-state index is 9.28. The van der Waals surface area contributed by atoms with Crippen LogP contribution in [0.3, 0.4) is 0 Å². The molecule has 4 heteroatoms. The minimum absolute atomic E-state index is 0.189. The fourth-order valence-corrected chi connectivity index (χ4v) is 1.76. The van der Waals surface area contributed by atoms with Crippen LogP contribution in [0.5, 0.6) is 0 Å². The van der Waals surface area contributed by atoms with Gasteiger partial charge in [0.05, 0.1) is 12.7 Å². The molecule has 2 atom stereocenters. The molecule has 12 heavy (non-hydrogen) atoms. The molecule has 0 amide bonds. The summed E-state index contributed by atoms with van der Waals surface area (Å²) >= 11 is 5.48. The van der Waals surface area contributed by atoms with Crippen molar-refractivity contribution in [1.29, 1.82) is 0 Å². The maximum absolute atomic E-state index is 9.28. The van der Waals surface area contributed by atoms with Gasteiger partial charge in [0, 0.05) is 18.5 Å². The van der Waals surface area contributed by atoms with Crippen molar-refractivity contribution in [1.82, 2.24) is 4.90 Å². The molecule has 0 saturated carbocycles. The number of alkyl halides is 1. The molecular formula is C8H16ClNO2. The molecule has 2 N–H and O–H groups in total. The van der Waals surface area contributed by atoms with Crippen LogP contribution in [0.4, 0.5) is 0 Å². The number of halogens is 1. The molecule has 0 aromatic heterocycles. The number of aliphatic hydroxyl groups excluding tert-OH is 2. The third kappa shape index (κ3) is 2.59. The summed E-state index contributed by atoms with van der Waals surface area (Å²) in [6, 6.07) is 0.239. The first-order valence-corrected chi connectivity index (χ1v) is 4.90. The summed E-state index contributed by atoms with van der Waals surface area (Å²) in [6.45, 7) is 1.75.